The van der Waals surface area contributed by atoms with E-state index in [1.807, 2.05) is 36.4 Å². The number of hydrogen-bond acceptors (Lipinski definition) is 5. The first-order valence-electron chi connectivity index (χ1n) is 15.9. The zero-order valence-electron chi connectivity index (χ0n) is 25.5. The number of phenolic OH excluding ortho intramolecular Hbond substituents is 1. The van der Waals surface area contributed by atoms with Gasteiger partial charge in [-0.1, -0.05) is 108 Å². The highest BCUT2D eigenvalue weighted by molar-refractivity contribution is 5.92. The lowest BCUT2D eigenvalue weighted by atomic mass is 10.1. The van der Waals surface area contributed by atoms with Gasteiger partial charge in [-0.05, 0) is 65.7 Å². The molecule has 0 aliphatic heterocycles. The Hall–Kier alpha value is -4.12. The summed E-state index contributed by atoms with van der Waals surface area (Å²) in [7, 11) is 0. The van der Waals surface area contributed by atoms with Crippen molar-refractivity contribution in [3.8, 4) is 17.2 Å². The van der Waals surface area contributed by atoms with Crippen LogP contribution in [0.5, 0.6) is 17.2 Å². The molecule has 5 heteroatoms. The first kappa shape index (κ1) is 31.8. The number of hydrogen-bond donors (Lipinski definition) is 1. The molecule has 5 nitrogen and oxygen atoms in total. The van der Waals surface area contributed by atoms with Crippen LogP contribution in [0.1, 0.15) is 99.9 Å². The summed E-state index contributed by atoms with van der Waals surface area (Å²) in [6.45, 7) is 2.94. The number of ether oxygens (including phenoxy) is 2. The van der Waals surface area contributed by atoms with Crippen molar-refractivity contribution in [2.45, 2.75) is 84.0 Å². The predicted octanol–water partition coefficient (Wildman–Crippen LogP) is 10.6. The van der Waals surface area contributed by atoms with E-state index in [2.05, 4.69) is 18.0 Å². The van der Waals surface area contributed by atoms with Crippen LogP contribution in [0, 0.1) is 0 Å². The molecule has 0 unspecified atom stereocenters. The van der Waals surface area contributed by atoms with E-state index in [1.54, 1.807) is 42.6 Å². The summed E-state index contributed by atoms with van der Waals surface area (Å²) in [4.78, 5) is 17.1. The summed E-state index contributed by atoms with van der Waals surface area (Å²) in [5.41, 5.74) is 1.73. The van der Waals surface area contributed by atoms with Crippen molar-refractivity contribution in [2.75, 3.05) is 6.61 Å². The minimum Gasteiger partial charge on any atom is -0.507 e. The Morgan fingerprint density at radius 3 is 2.00 bits per heavy atom. The number of aromatic hydroxyl groups is 1. The Morgan fingerprint density at radius 1 is 0.698 bits per heavy atom. The number of nitrogens with zero attached hydrogens (tertiary/aromatic N) is 1. The van der Waals surface area contributed by atoms with Crippen LogP contribution >= 0.6 is 0 Å². The number of carbonyl (C=O) groups excluding carboxylic acids is 1. The molecule has 0 aliphatic carbocycles. The van der Waals surface area contributed by atoms with E-state index < -0.39 is 5.97 Å². The molecule has 4 aromatic carbocycles. The quantitative estimate of drug-likeness (QED) is 0.0551. The van der Waals surface area contributed by atoms with Crippen molar-refractivity contribution in [1.29, 1.82) is 0 Å². The van der Waals surface area contributed by atoms with Gasteiger partial charge in [0, 0.05) is 17.8 Å². The maximum Gasteiger partial charge on any atom is 0.343 e. The van der Waals surface area contributed by atoms with Gasteiger partial charge in [0.15, 0.2) is 0 Å². The van der Waals surface area contributed by atoms with E-state index in [-0.39, 0.29) is 11.5 Å². The number of esters is 1. The van der Waals surface area contributed by atoms with Gasteiger partial charge in [0.05, 0.1) is 17.9 Å². The highest BCUT2D eigenvalue weighted by atomic mass is 16.5. The molecule has 0 aliphatic rings. The van der Waals surface area contributed by atoms with Gasteiger partial charge in [-0.2, -0.15) is 0 Å². The monoisotopic (exact) mass is 579 g/mol. The number of aliphatic imine (C=N–C) groups is 1. The van der Waals surface area contributed by atoms with Crippen molar-refractivity contribution in [3.63, 3.8) is 0 Å². The average molecular weight is 580 g/mol. The molecule has 0 heterocycles. The largest absolute Gasteiger partial charge is 0.507 e. The summed E-state index contributed by atoms with van der Waals surface area (Å²) in [5.74, 6) is 0.492. The van der Waals surface area contributed by atoms with E-state index in [0.29, 0.717) is 17.7 Å². The lowest BCUT2D eigenvalue weighted by Crippen LogP contribution is -2.08. The van der Waals surface area contributed by atoms with Crippen molar-refractivity contribution in [1.82, 2.24) is 0 Å². The van der Waals surface area contributed by atoms with Gasteiger partial charge in [0.2, 0.25) is 0 Å². The summed E-state index contributed by atoms with van der Waals surface area (Å²) in [6, 6.07) is 25.8. The number of rotatable bonds is 18. The van der Waals surface area contributed by atoms with Gasteiger partial charge < -0.3 is 14.6 Å². The highest BCUT2D eigenvalue weighted by Gasteiger charge is 2.11. The summed E-state index contributed by atoms with van der Waals surface area (Å²) in [6.07, 6.45) is 17.4. The van der Waals surface area contributed by atoms with Crippen LogP contribution in [0.2, 0.25) is 0 Å². The Kier molecular flexibility index (Phi) is 13.1. The van der Waals surface area contributed by atoms with Crippen molar-refractivity contribution < 1.29 is 19.4 Å². The zero-order chi connectivity index (χ0) is 30.1. The fraction of sp³-hybridized carbons (Fsp3) is 0.368. The first-order valence-corrected chi connectivity index (χ1v) is 15.9. The molecule has 0 fully saturated rings. The summed E-state index contributed by atoms with van der Waals surface area (Å²) in [5, 5.41) is 12.7. The highest BCUT2D eigenvalue weighted by Crippen LogP contribution is 2.26. The number of benzene rings is 4. The molecule has 0 radical (unpaired) electrons. The molecule has 4 rings (SSSR count). The molecule has 4 aromatic rings. The minimum atomic E-state index is -0.496. The SMILES string of the molecule is CCCCCCCCCCCCCCOc1ccc(C(=O)Oc2ccc(C=Nc3ccc4ccccc4c3)c(O)c2)cc1. The summed E-state index contributed by atoms with van der Waals surface area (Å²) < 4.78 is 11.3. The molecule has 0 saturated heterocycles. The molecule has 0 saturated carbocycles. The molecule has 0 bridgehead atoms. The van der Waals surface area contributed by atoms with Gasteiger partial charge in [-0.15, -0.1) is 0 Å². The zero-order valence-corrected chi connectivity index (χ0v) is 25.5. The number of unbranched alkanes of at least 4 members (excludes halogenated alkanes) is 11. The van der Waals surface area contributed by atoms with E-state index in [0.717, 1.165) is 28.6 Å². The molecular formula is C38H45NO4. The Bertz CT molecular complexity index is 1440. The topological polar surface area (TPSA) is 68.1 Å². The van der Waals surface area contributed by atoms with Gasteiger partial charge in [0.25, 0.3) is 0 Å². The molecule has 0 aromatic heterocycles. The maximum atomic E-state index is 12.7. The van der Waals surface area contributed by atoms with Crippen molar-refractivity contribution in [3.05, 3.63) is 96.1 Å². The summed E-state index contributed by atoms with van der Waals surface area (Å²) >= 11 is 0. The molecule has 1 N–H and O–H groups in total. The Balaban J connectivity index is 1.14. The molecule has 0 amide bonds. The van der Waals surface area contributed by atoms with Crippen LogP contribution in [0.25, 0.3) is 10.8 Å². The van der Waals surface area contributed by atoms with Gasteiger partial charge in [-0.25, -0.2) is 4.79 Å². The number of phenols is 1. The standard InChI is InChI=1S/C38H45NO4/c1-2-3-4-5-6-7-8-9-10-11-12-15-26-42-35-23-19-31(20-24-35)38(41)43-36-25-21-33(37(40)28-36)29-39-34-22-18-30-16-13-14-17-32(30)27-34/h13-14,16-25,27-29,40H,2-12,15,26H2,1H3. The average Bonchev–Trinajstić information content (AvgIpc) is 3.03. The Morgan fingerprint density at radius 2 is 1.33 bits per heavy atom. The van der Waals surface area contributed by atoms with Crippen LogP contribution in [-0.4, -0.2) is 23.9 Å². The van der Waals surface area contributed by atoms with E-state index in [1.165, 1.54) is 76.7 Å². The number of carbonyl (C=O) groups is 1. The fourth-order valence-corrected chi connectivity index (χ4v) is 5.08. The van der Waals surface area contributed by atoms with Gasteiger partial charge >= 0.3 is 5.97 Å². The van der Waals surface area contributed by atoms with Crippen LogP contribution in [-0.2, 0) is 0 Å². The maximum absolute atomic E-state index is 12.7. The van der Waals surface area contributed by atoms with E-state index >= 15 is 0 Å². The van der Waals surface area contributed by atoms with Crippen molar-refractivity contribution in [2.24, 2.45) is 4.99 Å². The first-order chi connectivity index (χ1) is 21.1. The number of fused-ring (bicyclic) bond motifs is 1. The van der Waals surface area contributed by atoms with Crippen LogP contribution in [0.4, 0.5) is 5.69 Å². The second kappa shape index (κ2) is 17.7. The van der Waals surface area contributed by atoms with E-state index in [4.69, 9.17) is 9.47 Å². The van der Waals surface area contributed by atoms with Crippen LogP contribution in [0.15, 0.2) is 89.9 Å². The van der Waals surface area contributed by atoms with Crippen LogP contribution < -0.4 is 9.47 Å². The van der Waals surface area contributed by atoms with Gasteiger partial charge in [0.1, 0.15) is 17.2 Å². The van der Waals surface area contributed by atoms with Gasteiger partial charge in [-0.3, -0.25) is 4.99 Å². The fourth-order valence-electron chi connectivity index (χ4n) is 5.08. The molecule has 226 valence electrons. The molecule has 0 atom stereocenters. The normalized spacial score (nSPS) is 11.3. The Labute approximate surface area is 256 Å². The molecular weight excluding hydrogens is 534 g/mol. The third-order valence-electron chi connectivity index (χ3n) is 7.65. The predicted molar refractivity (Wildman–Crippen MR) is 177 cm³/mol. The lowest BCUT2D eigenvalue weighted by Gasteiger charge is -2.08. The van der Waals surface area contributed by atoms with Crippen LogP contribution in [0.3, 0.4) is 0 Å². The van der Waals surface area contributed by atoms with E-state index in [9.17, 15) is 9.90 Å². The third-order valence-corrected chi connectivity index (χ3v) is 7.65. The smallest absolute Gasteiger partial charge is 0.343 e. The minimum absolute atomic E-state index is 0.0172. The lowest BCUT2D eigenvalue weighted by molar-refractivity contribution is 0.0734. The molecule has 43 heavy (non-hydrogen) atoms. The second-order valence-corrected chi connectivity index (χ2v) is 11.2. The van der Waals surface area contributed by atoms with Crippen molar-refractivity contribution >= 4 is 28.6 Å². The third kappa shape index (κ3) is 10.9. The second-order valence-electron chi connectivity index (χ2n) is 11.2. The molecule has 0 spiro atoms.